The van der Waals surface area contributed by atoms with Gasteiger partial charge in [0.1, 0.15) is 0 Å². The van der Waals surface area contributed by atoms with Gasteiger partial charge in [-0.1, -0.05) is 104 Å². The van der Waals surface area contributed by atoms with Gasteiger partial charge in [0.25, 0.3) is 0 Å². The van der Waals surface area contributed by atoms with Crippen molar-refractivity contribution >= 4 is 6.16 Å². The van der Waals surface area contributed by atoms with Gasteiger partial charge in [-0.2, -0.15) is 0 Å². The van der Waals surface area contributed by atoms with Gasteiger partial charge in [0.05, 0.1) is 12.9 Å². The van der Waals surface area contributed by atoms with Crippen LogP contribution in [0.3, 0.4) is 0 Å². The Hall–Kier alpha value is -0.990. The van der Waals surface area contributed by atoms with Crippen LogP contribution in [0.15, 0.2) is 12.3 Å². The Morgan fingerprint density at radius 3 is 1.62 bits per heavy atom. The first-order chi connectivity index (χ1) is 12.8. The highest BCUT2D eigenvalue weighted by Gasteiger charge is 1.99. The zero-order chi connectivity index (χ0) is 19.1. The number of hydrogen-bond donors (Lipinski definition) is 0. The molecule has 0 aliphatic rings. The van der Waals surface area contributed by atoms with Crippen LogP contribution in [0.25, 0.3) is 0 Å². The summed E-state index contributed by atoms with van der Waals surface area (Å²) in [5.74, 6) is 0. The molecule has 0 heterocycles. The van der Waals surface area contributed by atoms with E-state index in [4.69, 9.17) is 9.47 Å². The second-order valence-electron chi connectivity index (χ2n) is 7.33. The maximum atomic E-state index is 11.2. The average Bonchev–Trinajstić information content (AvgIpc) is 2.64. The molecule has 0 aromatic carbocycles. The molecule has 0 N–H and O–H groups in total. The molecule has 0 unspecified atom stereocenters. The molecule has 0 rings (SSSR count). The van der Waals surface area contributed by atoms with Crippen LogP contribution in [0.4, 0.5) is 4.79 Å². The van der Waals surface area contributed by atoms with Crippen LogP contribution >= 0.6 is 0 Å². The highest BCUT2D eigenvalue weighted by Crippen LogP contribution is 2.13. The molecule has 0 saturated carbocycles. The maximum absolute atomic E-state index is 11.2. The van der Waals surface area contributed by atoms with E-state index < -0.39 is 6.16 Å². The lowest BCUT2D eigenvalue weighted by molar-refractivity contribution is 0.0834. The van der Waals surface area contributed by atoms with Crippen molar-refractivity contribution in [3.05, 3.63) is 12.3 Å². The van der Waals surface area contributed by atoms with Crippen molar-refractivity contribution in [3.8, 4) is 0 Å². The van der Waals surface area contributed by atoms with Crippen molar-refractivity contribution in [1.29, 1.82) is 0 Å². The SMILES string of the molecule is CCCCCCCCCCCCCCCCC=COC(=O)OCCCC. The third-order valence-corrected chi connectivity index (χ3v) is 4.70. The smallest absolute Gasteiger partial charge is 0.434 e. The van der Waals surface area contributed by atoms with Gasteiger partial charge < -0.3 is 9.47 Å². The second kappa shape index (κ2) is 22.1. The van der Waals surface area contributed by atoms with Crippen LogP contribution in [-0.4, -0.2) is 12.8 Å². The Labute approximate surface area is 162 Å². The highest BCUT2D eigenvalue weighted by atomic mass is 16.7. The van der Waals surface area contributed by atoms with Crippen molar-refractivity contribution in [3.63, 3.8) is 0 Å². The van der Waals surface area contributed by atoms with Crippen LogP contribution in [-0.2, 0) is 9.47 Å². The highest BCUT2D eigenvalue weighted by molar-refractivity contribution is 5.60. The molecule has 0 spiro atoms. The predicted octanol–water partition coefficient (Wildman–Crippen LogP) is 8.32. The fraction of sp³-hybridized carbons (Fsp3) is 0.870. The normalized spacial score (nSPS) is 11.2. The fourth-order valence-electron chi connectivity index (χ4n) is 2.96. The molecule has 3 heteroatoms. The molecule has 26 heavy (non-hydrogen) atoms. The molecular weight excluding hydrogens is 324 g/mol. The van der Waals surface area contributed by atoms with E-state index in [0.29, 0.717) is 6.61 Å². The van der Waals surface area contributed by atoms with Gasteiger partial charge in [-0.25, -0.2) is 4.79 Å². The van der Waals surface area contributed by atoms with Gasteiger partial charge in [0, 0.05) is 0 Å². The molecule has 154 valence electrons. The summed E-state index contributed by atoms with van der Waals surface area (Å²) in [7, 11) is 0. The third-order valence-electron chi connectivity index (χ3n) is 4.70. The van der Waals surface area contributed by atoms with Crippen LogP contribution in [0.2, 0.25) is 0 Å². The molecular formula is C23H44O3. The van der Waals surface area contributed by atoms with E-state index in [2.05, 4.69) is 13.8 Å². The number of rotatable bonds is 19. The van der Waals surface area contributed by atoms with E-state index in [1.165, 1.54) is 96.2 Å². The van der Waals surface area contributed by atoms with Crippen LogP contribution in [0.5, 0.6) is 0 Å². The third kappa shape index (κ3) is 21.1. The lowest BCUT2D eigenvalue weighted by Crippen LogP contribution is -2.04. The van der Waals surface area contributed by atoms with Crippen molar-refractivity contribution in [2.45, 2.75) is 123 Å². The Kier molecular flexibility index (Phi) is 21.2. The summed E-state index contributed by atoms with van der Waals surface area (Å²) in [5.41, 5.74) is 0. The number of hydrogen-bond acceptors (Lipinski definition) is 3. The van der Waals surface area contributed by atoms with E-state index in [-0.39, 0.29) is 0 Å². The zero-order valence-electron chi connectivity index (χ0n) is 17.6. The van der Waals surface area contributed by atoms with E-state index in [9.17, 15) is 4.79 Å². The molecule has 0 aliphatic heterocycles. The number of carbonyl (C=O) groups is 1. The van der Waals surface area contributed by atoms with E-state index in [1.807, 2.05) is 6.08 Å². The topological polar surface area (TPSA) is 35.5 Å². The quantitative estimate of drug-likeness (QED) is 0.131. The lowest BCUT2D eigenvalue weighted by atomic mass is 10.0. The summed E-state index contributed by atoms with van der Waals surface area (Å²) < 4.78 is 9.76. The van der Waals surface area contributed by atoms with Gasteiger partial charge in [-0.3, -0.25) is 0 Å². The van der Waals surface area contributed by atoms with Crippen LogP contribution in [0, 0.1) is 0 Å². The number of carbonyl (C=O) groups excluding carboxylic acids is 1. The largest absolute Gasteiger partial charge is 0.513 e. The number of allylic oxidation sites excluding steroid dienone is 1. The molecule has 0 amide bonds. The molecule has 0 radical (unpaired) electrons. The Balaban J connectivity index is 3.15. The number of ether oxygens (including phenoxy) is 2. The molecule has 0 aromatic rings. The minimum Gasteiger partial charge on any atom is -0.434 e. The maximum Gasteiger partial charge on any atom is 0.513 e. The van der Waals surface area contributed by atoms with Gasteiger partial charge in [0.2, 0.25) is 0 Å². The zero-order valence-corrected chi connectivity index (χ0v) is 17.6. The predicted molar refractivity (Wildman–Crippen MR) is 111 cm³/mol. The summed E-state index contributed by atoms with van der Waals surface area (Å²) in [4.78, 5) is 11.2. The van der Waals surface area contributed by atoms with Gasteiger partial charge in [-0.15, -0.1) is 0 Å². The van der Waals surface area contributed by atoms with Crippen LogP contribution in [0.1, 0.15) is 123 Å². The summed E-state index contributed by atoms with van der Waals surface area (Å²) in [6, 6.07) is 0. The monoisotopic (exact) mass is 368 g/mol. The van der Waals surface area contributed by atoms with E-state index in [0.717, 1.165) is 19.3 Å². The summed E-state index contributed by atoms with van der Waals surface area (Å²) in [6.07, 6.45) is 24.9. The number of unbranched alkanes of at least 4 members (excludes halogenated alkanes) is 15. The Morgan fingerprint density at radius 1 is 0.654 bits per heavy atom. The van der Waals surface area contributed by atoms with Gasteiger partial charge >= 0.3 is 6.16 Å². The van der Waals surface area contributed by atoms with Crippen LogP contribution < -0.4 is 0 Å². The van der Waals surface area contributed by atoms with Crippen molar-refractivity contribution in [2.75, 3.05) is 6.61 Å². The van der Waals surface area contributed by atoms with Gasteiger partial charge in [0.15, 0.2) is 0 Å². The average molecular weight is 369 g/mol. The van der Waals surface area contributed by atoms with Crippen molar-refractivity contribution in [1.82, 2.24) is 0 Å². The minimum absolute atomic E-state index is 0.447. The first kappa shape index (κ1) is 25.0. The van der Waals surface area contributed by atoms with E-state index >= 15 is 0 Å². The fourth-order valence-corrected chi connectivity index (χ4v) is 2.96. The van der Waals surface area contributed by atoms with Gasteiger partial charge in [-0.05, 0) is 25.3 Å². The molecule has 0 bridgehead atoms. The molecule has 0 aliphatic carbocycles. The standard InChI is InChI=1S/C23H44O3/c1-3-5-7-8-9-10-11-12-13-14-15-16-17-18-19-20-22-26-23(24)25-21-6-4-2/h20,22H,3-19,21H2,1-2H3. The van der Waals surface area contributed by atoms with Crippen molar-refractivity contribution < 1.29 is 14.3 Å². The summed E-state index contributed by atoms with van der Waals surface area (Å²) in [5, 5.41) is 0. The molecule has 0 atom stereocenters. The summed E-state index contributed by atoms with van der Waals surface area (Å²) in [6.45, 7) is 4.78. The molecule has 0 fully saturated rings. The molecule has 0 aromatic heterocycles. The first-order valence-corrected chi connectivity index (χ1v) is 11.3. The summed E-state index contributed by atoms with van der Waals surface area (Å²) >= 11 is 0. The molecule has 0 saturated heterocycles. The van der Waals surface area contributed by atoms with E-state index in [1.54, 1.807) is 0 Å². The minimum atomic E-state index is -0.587. The van der Waals surface area contributed by atoms with Crippen molar-refractivity contribution in [2.24, 2.45) is 0 Å². The second-order valence-corrected chi connectivity index (χ2v) is 7.33. The Bertz CT molecular complexity index is 313. The Morgan fingerprint density at radius 2 is 1.12 bits per heavy atom. The lowest BCUT2D eigenvalue weighted by Gasteiger charge is -2.03. The molecule has 3 nitrogen and oxygen atoms in total. The first-order valence-electron chi connectivity index (χ1n) is 11.3.